The number of nitrogens with zero attached hydrogens (tertiary/aromatic N) is 1. The van der Waals surface area contributed by atoms with E-state index in [1.54, 1.807) is 19.1 Å². The molecule has 0 fully saturated rings. The van der Waals surface area contributed by atoms with Crippen LogP contribution in [0.5, 0.6) is 11.5 Å². The van der Waals surface area contributed by atoms with Crippen LogP contribution >= 0.6 is 0 Å². The lowest BCUT2D eigenvalue weighted by Gasteiger charge is -2.14. The maximum atomic E-state index is 12.8. The second kappa shape index (κ2) is 9.51. The lowest BCUT2D eigenvalue weighted by Crippen LogP contribution is -2.15. The molecule has 0 radical (unpaired) electrons. The van der Waals surface area contributed by atoms with Crippen LogP contribution in [0, 0.1) is 25.2 Å². The predicted molar refractivity (Wildman–Crippen MR) is 102 cm³/mol. The average Bonchev–Trinajstić information content (AvgIpc) is 2.64. The van der Waals surface area contributed by atoms with E-state index in [1.165, 1.54) is 18.2 Å². The minimum absolute atomic E-state index is 0.101. The number of nitriles is 1. The van der Waals surface area contributed by atoms with Gasteiger partial charge >= 0.3 is 6.61 Å². The van der Waals surface area contributed by atoms with Crippen LogP contribution < -0.4 is 14.8 Å². The summed E-state index contributed by atoms with van der Waals surface area (Å²) < 4.78 is 35.5. The largest absolute Gasteiger partial charge is 0.490 e. The normalized spacial score (nSPS) is 11.1. The number of alkyl halides is 2. The van der Waals surface area contributed by atoms with Crippen LogP contribution in [0.3, 0.4) is 0 Å². The van der Waals surface area contributed by atoms with Crippen molar-refractivity contribution < 1.29 is 23.0 Å². The zero-order valence-corrected chi connectivity index (χ0v) is 15.8. The Kier molecular flexibility index (Phi) is 7.10. The number of hydrogen-bond acceptors (Lipinski definition) is 4. The Labute approximate surface area is 162 Å². The van der Waals surface area contributed by atoms with E-state index >= 15 is 0 Å². The van der Waals surface area contributed by atoms with E-state index < -0.39 is 12.5 Å². The number of ether oxygens (including phenoxy) is 2. The SMILES string of the molecule is CCOc1cccc(/C=C(\C#N)C(=O)Nc2c(C)cccc2C)c1OC(F)F. The fourth-order valence-corrected chi connectivity index (χ4v) is 2.63. The maximum absolute atomic E-state index is 12.8. The van der Waals surface area contributed by atoms with E-state index in [4.69, 9.17) is 4.74 Å². The molecule has 0 aromatic heterocycles. The highest BCUT2D eigenvalue weighted by Crippen LogP contribution is 2.34. The Balaban J connectivity index is 2.42. The summed E-state index contributed by atoms with van der Waals surface area (Å²) in [5, 5.41) is 12.1. The Hall–Kier alpha value is -3.40. The number of hydrogen-bond donors (Lipinski definition) is 1. The van der Waals surface area contributed by atoms with Crippen LogP contribution in [0.25, 0.3) is 6.08 Å². The zero-order valence-electron chi connectivity index (χ0n) is 15.8. The Morgan fingerprint density at radius 3 is 2.43 bits per heavy atom. The number of anilines is 1. The third-order valence-electron chi connectivity index (χ3n) is 3.90. The van der Waals surface area contributed by atoms with E-state index in [0.717, 1.165) is 11.1 Å². The topological polar surface area (TPSA) is 71.3 Å². The molecule has 0 heterocycles. The molecule has 0 spiro atoms. The van der Waals surface area contributed by atoms with Gasteiger partial charge in [0, 0.05) is 11.3 Å². The summed E-state index contributed by atoms with van der Waals surface area (Å²) in [6, 6.07) is 11.8. The monoisotopic (exact) mass is 386 g/mol. The number of amides is 1. The Morgan fingerprint density at radius 1 is 1.21 bits per heavy atom. The van der Waals surface area contributed by atoms with Gasteiger partial charge in [-0.3, -0.25) is 4.79 Å². The summed E-state index contributed by atoms with van der Waals surface area (Å²) in [6.45, 7) is 2.53. The van der Waals surface area contributed by atoms with Gasteiger partial charge in [-0.2, -0.15) is 14.0 Å². The molecule has 1 amide bonds. The highest BCUT2D eigenvalue weighted by Gasteiger charge is 2.18. The van der Waals surface area contributed by atoms with E-state index in [-0.39, 0.29) is 29.2 Å². The van der Waals surface area contributed by atoms with Gasteiger partial charge in [-0.15, -0.1) is 0 Å². The van der Waals surface area contributed by atoms with Gasteiger partial charge in [0.25, 0.3) is 5.91 Å². The van der Waals surface area contributed by atoms with Crippen LogP contribution in [0.4, 0.5) is 14.5 Å². The summed E-state index contributed by atoms with van der Waals surface area (Å²) in [5.41, 5.74) is 2.16. The smallest absolute Gasteiger partial charge is 0.387 e. The molecule has 0 saturated heterocycles. The van der Waals surface area contributed by atoms with Crippen LogP contribution in [-0.4, -0.2) is 19.1 Å². The number of nitrogens with one attached hydrogen (secondary N) is 1. The highest BCUT2D eigenvalue weighted by atomic mass is 19.3. The first-order chi connectivity index (χ1) is 13.4. The first-order valence-electron chi connectivity index (χ1n) is 8.57. The minimum Gasteiger partial charge on any atom is -0.490 e. The molecule has 0 bridgehead atoms. The molecular formula is C21H20F2N2O3. The lowest BCUT2D eigenvalue weighted by atomic mass is 10.1. The van der Waals surface area contributed by atoms with Gasteiger partial charge < -0.3 is 14.8 Å². The molecule has 2 aromatic rings. The van der Waals surface area contributed by atoms with Crippen molar-refractivity contribution >= 4 is 17.7 Å². The summed E-state index contributed by atoms with van der Waals surface area (Å²) in [4.78, 5) is 12.6. The van der Waals surface area contributed by atoms with E-state index in [2.05, 4.69) is 10.1 Å². The van der Waals surface area contributed by atoms with Gasteiger partial charge in [0.2, 0.25) is 0 Å². The maximum Gasteiger partial charge on any atom is 0.387 e. The fraction of sp³-hybridized carbons (Fsp3) is 0.238. The first kappa shape index (κ1) is 20.9. The molecule has 0 aliphatic rings. The molecular weight excluding hydrogens is 366 g/mol. The molecule has 2 rings (SSSR count). The Morgan fingerprint density at radius 2 is 1.86 bits per heavy atom. The lowest BCUT2D eigenvalue weighted by molar-refractivity contribution is -0.112. The summed E-state index contributed by atoms with van der Waals surface area (Å²) in [6.07, 6.45) is 1.20. The van der Waals surface area contributed by atoms with Crippen molar-refractivity contribution in [2.75, 3.05) is 11.9 Å². The van der Waals surface area contributed by atoms with E-state index in [0.29, 0.717) is 5.69 Å². The number of carbonyl (C=O) groups excluding carboxylic acids is 1. The van der Waals surface area contributed by atoms with Gasteiger partial charge in [-0.05, 0) is 44.0 Å². The van der Waals surface area contributed by atoms with Crippen LogP contribution in [-0.2, 0) is 4.79 Å². The van der Waals surface area contributed by atoms with Crippen molar-refractivity contribution in [3.8, 4) is 17.6 Å². The molecule has 146 valence electrons. The van der Waals surface area contributed by atoms with Crippen molar-refractivity contribution in [1.82, 2.24) is 0 Å². The number of benzene rings is 2. The quantitative estimate of drug-likeness (QED) is 0.545. The molecule has 0 aliphatic carbocycles. The fourth-order valence-electron chi connectivity index (χ4n) is 2.63. The van der Waals surface area contributed by atoms with Crippen molar-refractivity contribution in [3.05, 3.63) is 58.7 Å². The van der Waals surface area contributed by atoms with Crippen LogP contribution in [0.2, 0.25) is 0 Å². The molecule has 7 heteroatoms. The predicted octanol–water partition coefficient (Wildman–Crippen LogP) is 4.85. The van der Waals surface area contributed by atoms with Crippen molar-refractivity contribution in [3.63, 3.8) is 0 Å². The zero-order chi connectivity index (χ0) is 20.7. The van der Waals surface area contributed by atoms with Gasteiger partial charge in [-0.1, -0.05) is 30.3 Å². The summed E-state index contributed by atoms with van der Waals surface area (Å²) in [5.74, 6) is -0.777. The van der Waals surface area contributed by atoms with Gasteiger partial charge in [0.15, 0.2) is 11.5 Å². The molecule has 5 nitrogen and oxygen atoms in total. The van der Waals surface area contributed by atoms with Crippen LogP contribution in [0.15, 0.2) is 42.0 Å². The molecule has 0 saturated carbocycles. The van der Waals surface area contributed by atoms with Gasteiger partial charge in [0.1, 0.15) is 11.6 Å². The molecule has 1 N–H and O–H groups in total. The van der Waals surface area contributed by atoms with Crippen molar-refractivity contribution in [2.45, 2.75) is 27.4 Å². The molecule has 0 atom stereocenters. The molecule has 28 heavy (non-hydrogen) atoms. The highest BCUT2D eigenvalue weighted by molar-refractivity contribution is 6.10. The van der Waals surface area contributed by atoms with Gasteiger partial charge in [-0.25, -0.2) is 0 Å². The minimum atomic E-state index is -3.08. The third kappa shape index (κ3) is 5.07. The molecule has 2 aromatic carbocycles. The average molecular weight is 386 g/mol. The number of rotatable bonds is 7. The standard InChI is InChI=1S/C21H20F2N2O3/c1-4-27-17-10-6-9-15(19(17)28-21(22)23)11-16(12-24)20(26)25-18-13(2)7-5-8-14(18)3/h5-11,21H,4H2,1-3H3,(H,25,26)/b16-11+. The number of aryl methyl sites for hydroxylation is 2. The van der Waals surface area contributed by atoms with E-state index in [9.17, 15) is 18.8 Å². The second-order valence-corrected chi connectivity index (χ2v) is 5.88. The summed E-state index contributed by atoms with van der Waals surface area (Å²) in [7, 11) is 0. The Bertz CT molecular complexity index is 913. The molecule has 0 unspecified atom stereocenters. The van der Waals surface area contributed by atoms with Crippen molar-refractivity contribution in [2.24, 2.45) is 0 Å². The van der Waals surface area contributed by atoms with Crippen molar-refractivity contribution in [1.29, 1.82) is 5.26 Å². The third-order valence-corrected chi connectivity index (χ3v) is 3.90. The van der Waals surface area contributed by atoms with Crippen LogP contribution in [0.1, 0.15) is 23.6 Å². The van der Waals surface area contributed by atoms with E-state index in [1.807, 2.05) is 32.0 Å². The number of halogens is 2. The second-order valence-electron chi connectivity index (χ2n) is 5.88. The number of para-hydroxylation sites is 2. The number of carbonyl (C=O) groups is 1. The first-order valence-corrected chi connectivity index (χ1v) is 8.57. The summed E-state index contributed by atoms with van der Waals surface area (Å²) >= 11 is 0. The van der Waals surface area contributed by atoms with Gasteiger partial charge in [0.05, 0.1) is 6.61 Å². The molecule has 0 aliphatic heterocycles.